The molecule has 1 aliphatic heterocycles. The molecule has 1 aromatic rings. The number of hydrogen-bond donors (Lipinski definition) is 1. The van der Waals surface area contributed by atoms with Gasteiger partial charge in [0.25, 0.3) is 0 Å². The van der Waals surface area contributed by atoms with Crippen molar-refractivity contribution >= 4 is 5.78 Å². The lowest BCUT2D eigenvalue weighted by molar-refractivity contribution is -0.137. The Balaban J connectivity index is 2.62. The van der Waals surface area contributed by atoms with E-state index >= 15 is 0 Å². The molecule has 2 rings (SSSR count). The van der Waals surface area contributed by atoms with Crippen LogP contribution in [0.4, 0.5) is 13.2 Å². The van der Waals surface area contributed by atoms with E-state index in [2.05, 4.69) is 5.32 Å². The van der Waals surface area contributed by atoms with Gasteiger partial charge in [0, 0.05) is 18.7 Å². The van der Waals surface area contributed by atoms with Crippen molar-refractivity contribution in [3.8, 4) is 0 Å². The first kappa shape index (κ1) is 11.1. The Labute approximate surface area is 90.5 Å². The quantitative estimate of drug-likeness (QED) is 0.749. The van der Waals surface area contributed by atoms with Crippen molar-refractivity contribution in [1.82, 2.24) is 5.32 Å². The topological polar surface area (TPSA) is 29.1 Å². The molecule has 0 saturated heterocycles. The summed E-state index contributed by atoms with van der Waals surface area (Å²) in [6.07, 6.45) is -4.47. The standard InChI is InChI=1S/C11H10F3NO/c1-6(16)9-2-7-4-15-5-8(7)3-10(9)11(12,13)14/h2-3,15H,4-5H2,1H3. The van der Waals surface area contributed by atoms with Crippen molar-refractivity contribution in [3.05, 3.63) is 34.4 Å². The Morgan fingerprint density at radius 2 is 1.81 bits per heavy atom. The molecule has 5 heteroatoms. The van der Waals surface area contributed by atoms with Crippen molar-refractivity contribution in [2.45, 2.75) is 26.2 Å². The van der Waals surface area contributed by atoms with Gasteiger partial charge < -0.3 is 5.32 Å². The number of halogens is 3. The van der Waals surface area contributed by atoms with Crippen LogP contribution in [-0.2, 0) is 19.3 Å². The van der Waals surface area contributed by atoms with Gasteiger partial charge in [0.1, 0.15) is 0 Å². The highest BCUT2D eigenvalue weighted by atomic mass is 19.4. The predicted octanol–water partition coefficient (Wildman–Crippen LogP) is 2.51. The molecule has 0 unspecified atom stereocenters. The number of alkyl halides is 3. The molecular weight excluding hydrogens is 219 g/mol. The SMILES string of the molecule is CC(=O)c1cc2c(cc1C(F)(F)F)CNC2. The van der Waals surface area contributed by atoms with Gasteiger partial charge in [0.05, 0.1) is 5.56 Å². The zero-order valence-corrected chi connectivity index (χ0v) is 8.61. The van der Waals surface area contributed by atoms with E-state index < -0.39 is 17.5 Å². The van der Waals surface area contributed by atoms with Gasteiger partial charge in [-0.25, -0.2) is 0 Å². The van der Waals surface area contributed by atoms with Crippen LogP contribution >= 0.6 is 0 Å². The lowest BCUT2D eigenvalue weighted by Gasteiger charge is -2.12. The summed E-state index contributed by atoms with van der Waals surface area (Å²) in [5.74, 6) is -0.554. The third-order valence-electron chi connectivity index (χ3n) is 2.66. The maximum Gasteiger partial charge on any atom is 0.417 e. The Bertz CT molecular complexity index is 451. The van der Waals surface area contributed by atoms with Gasteiger partial charge in [-0.05, 0) is 30.2 Å². The van der Waals surface area contributed by atoms with E-state index in [4.69, 9.17) is 0 Å². The van der Waals surface area contributed by atoms with Gasteiger partial charge in [0.2, 0.25) is 0 Å². The molecule has 16 heavy (non-hydrogen) atoms. The molecule has 86 valence electrons. The first-order valence-corrected chi connectivity index (χ1v) is 4.84. The van der Waals surface area contributed by atoms with Crippen LogP contribution in [0.25, 0.3) is 0 Å². The summed E-state index contributed by atoms with van der Waals surface area (Å²) in [6, 6.07) is 2.42. The maximum atomic E-state index is 12.7. The number of rotatable bonds is 1. The third-order valence-corrected chi connectivity index (χ3v) is 2.66. The molecule has 0 fully saturated rings. The molecule has 1 heterocycles. The van der Waals surface area contributed by atoms with Crippen molar-refractivity contribution in [3.63, 3.8) is 0 Å². The minimum absolute atomic E-state index is 0.241. The average molecular weight is 229 g/mol. The third kappa shape index (κ3) is 1.82. The molecule has 1 N–H and O–H groups in total. The van der Waals surface area contributed by atoms with E-state index in [1.54, 1.807) is 0 Å². The van der Waals surface area contributed by atoms with Crippen LogP contribution in [0.3, 0.4) is 0 Å². The predicted molar refractivity (Wildman–Crippen MR) is 52.0 cm³/mol. The first-order chi connectivity index (χ1) is 7.39. The molecule has 0 atom stereocenters. The zero-order valence-electron chi connectivity index (χ0n) is 8.61. The van der Waals surface area contributed by atoms with E-state index in [1.165, 1.54) is 6.07 Å². The number of nitrogens with one attached hydrogen (secondary N) is 1. The van der Waals surface area contributed by atoms with Gasteiger partial charge in [-0.15, -0.1) is 0 Å². The molecule has 1 aliphatic rings. The second-order valence-electron chi connectivity index (χ2n) is 3.82. The molecule has 0 spiro atoms. The fraction of sp³-hybridized carbons (Fsp3) is 0.364. The minimum atomic E-state index is -4.47. The van der Waals surface area contributed by atoms with Crippen LogP contribution in [0.2, 0.25) is 0 Å². The normalized spacial score (nSPS) is 15.0. The van der Waals surface area contributed by atoms with E-state index in [-0.39, 0.29) is 5.56 Å². The number of Topliss-reactive ketones (excluding diaryl/α,β-unsaturated/α-hetero) is 1. The van der Waals surface area contributed by atoms with E-state index in [0.717, 1.165) is 18.6 Å². The first-order valence-electron chi connectivity index (χ1n) is 4.84. The summed E-state index contributed by atoms with van der Waals surface area (Å²) < 4.78 is 38.1. The van der Waals surface area contributed by atoms with Crippen molar-refractivity contribution in [2.24, 2.45) is 0 Å². The van der Waals surface area contributed by atoms with E-state index in [9.17, 15) is 18.0 Å². The van der Waals surface area contributed by atoms with Gasteiger partial charge in [-0.3, -0.25) is 4.79 Å². The average Bonchev–Trinajstić information content (AvgIpc) is 2.60. The molecular formula is C11H10F3NO. The smallest absolute Gasteiger partial charge is 0.309 e. The monoisotopic (exact) mass is 229 g/mol. The number of fused-ring (bicyclic) bond motifs is 1. The molecule has 2 nitrogen and oxygen atoms in total. The maximum absolute atomic E-state index is 12.7. The summed E-state index contributed by atoms with van der Waals surface area (Å²) in [5, 5.41) is 2.95. The Hall–Kier alpha value is -1.36. The van der Waals surface area contributed by atoms with E-state index in [1.807, 2.05) is 0 Å². The van der Waals surface area contributed by atoms with Gasteiger partial charge in [-0.2, -0.15) is 13.2 Å². The van der Waals surface area contributed by atoms with Crippen molar-refractivity contribution in [2.75, 3.05) is 0 Å². The zero-order chi connectivity index (χ0) is 11.9. The van der Waals surface area contributed by atoms with Crippen LogP contribution in [-0.4, -0.2) is 5.78 Å². The lowest BCUT2D eigenvalue weighted by Crippen LogP contribution is -2.12. The van der Waals surface area contributed by atoms with Crippen LogP contribution in [0.5, 0.6) is 0 Å². The molecule has 0 radical (unpaired) electrons. The van der Waals surface area contributed by atoms with Crippen LogP contribution in [0.15, 0.2) is 12.1 Å². The van der Waals surface area contributed by atoms with Gasteiger partial charge in [-0.1, -0.05) is 0 Å². The summed E-state index contributed by atoms with van der Waals surface area (Å²) in [7, 11) is 0. The molecule has 0 bridgehead atoms. The van der Waals surface area contributed by atoms with Gasteiger partial charge in [0.15, 0.2) is 5.78 Å². The number of carbonyl (C=O) groups is 1. The summed E-state index contributed by atoms with van der Waals surface area (Å²) in [4.78, 5) is 11.2. The van der Waals surface area contributed by atoms with Crippen molar-refractivity contribution < 1.29 is 18.0 Å². The number of ketones is 1. The Morgan fingerprint density at radius 1 is 1.25 bits per heavy atom. The molecule has 0 aliphatic carbocycles. The molecule has 0 saturated carbocycles. The van der Waals surface area contributed by atoms with E-state index in [0.29, 0.717) is 18.7 Å². The van der Waals surface area contributed by atoms with Crippen LogP contribution in [0.1, 0.15) is 34.0 Å². The summed E-state index contributed by atoms with van der Waals surface area (Å²) in [6.45, 7) is 2.10. The van der Waals surface area contributed by atoms with Crippen LogP contribution < -0.4 is 5.32 Å². The lowest BCUT2D eigenvalue weighted by atomic mass is 9.97. The second kappa shape index (κ2) is 3.59. The summed E-state index contributed by atoms with van der Waals surface area (Å²) in [5.41, 5.74) is 0.327. The summed E-state index contributed by atoms with van der Waals surface area (Å²) >= 11 is 0. The molecule has 1 aromatic carbocycles. The fourth-order valence-electron chi connectivity index (χ4n) is 1.88. The number of benzene rings is 1. The largest absolute Gasteiger partial charge is 0.417 e. The Morgan fingerprint density at radius 3 is 2.31 bits per heavy atom. The number of hydrogen-bond acceptors (Lipinski definition) is 2. The molecule has 0 aromatic heterocycles. The highest BCUT2D eigenvalue weighted by molar-refractivity contribution is 5.96. The second-order valence-corrected chi connectivity index (χ2v) is 3.82. The molecule has 0 amide bonds. The Kier molecular flexibility index (Phi) is 2.50. The highest BCUT2D eigenvalue weighted by Crippen LogP contribution is 2.35. The highest BCUT2D eigenvalue weighted by Gasteiger charge is 2.35. The fourth-order valence-corrected chi connectivity index (χ4v) is 1.88. The van der Waals surface area contributed by atoms with Crippen molar-refractivity contribution in [1.29, 1.82) is 0 Å². The van der Waals surface area contributed by atoms with Gasteiger partial charge >= 0.3 is 6.18 Å². The minimum Gasteiger partial charge on any atom is -0.309 e. The number of carbonyl (C=O) groups excluding carboxylic acids is 1. The van der Waals surface area contributed by atoms with Crippen LogP contribution in [0, 0.1) is 0 Å².